The summed E-state index contributed by atoms with van der Waals surface area (Å²) in [5.41, 5.74) is -1.56. The van der Waals surface area contributed by atoms with E-state index in [-0.39, 0.29) is 58.8 Å². The van der Waals surface area contributed by atoms with Crippen molar-refractivity contribution in [2.75, 3.05) is 40.0 Å². The van der Waals surface area contributed by atoms with E-state index < -0.39 is 133 Å². The summed E-state index contributed by atoms with van der Waals surface area (Å²) in [7, 11) is 1.69. The van der Waals surface area contributed by atoms with Crippen molar-refractivity contribution in [2.24, 2.45) is 11.8 Å². The van der Waals surface area contributed by atoms with Crippen molar-refractivity contribution in [3.63, 3.8) is 0 Å². The zero-order valence-electron chi connectivity index (χ0n) is 37.0. The largest absolute Gasteiger partial charge is 0.480 e. The third-order valence-corrected chi connectivity index (χ3v) is 11.5. The van der Waals surface area contributed by atoms with E-state index in [0.717, 1.165) is 10.7 Å². The third kappa shape index (κ3) is 13.8. The first-order valence-corrected chi connectivity index (χ1v) is 21.7. The highest BCUT2D eigenvalue weighted by Crippen LogP contribution is 2.41. The summed E-state index contributed by atoms with van der Waals surface area (Å²) in [5.74, 6) is -5.43. The normalized spacial score (nSPS) is 29.5. The van der Waals surface area contributed by atoms with Crippen molar-refractivity contribution < 1.29 is 78.2 Å². The smallest absolute Gasteiger partial charge is 0.328 e. The molecule has 376 valence electrons. The zero-order chi connectivity index (χ0) is 49.1. The number of hydrogen-bond donors (Lipinski definition) is 11. The van der Waals surface area contributed by atoms with Crippen LogP contribution in [0, 0.1) is 11.8 Å². The van der Waals surface area contributed by atoms with Crippen LogP contribution in [0.1, 0.15) is 48.1 Å². The number of ether oxygens (including phenoxy) is 6. The molecule has 0 radical (unpaired) electrons. The van der Waals surface area contributed by atoms with E-state index in [1.165, 1.54) is 24.0 Å². The van der Waals surface area contributed by atoms with E-state index >= 15 is 0 Å². The molecule has 29 nitrogen and oxygen atoms in total. The number of aromatic nitrogens is 8. The Bertz CT molecular complexity index is 2240. The van der Waals surface area contributed by atoms with Crippen LogP contribution in [0.5, 0.6) is 0 Å². The van der Waals surface area contributed by atoms with Gasteiger partial charge in [0.2, 0.25) is 5.91 Å². The molecule has 3 aliphatic rings. The van der Waals surface area contributed by atoms with Crippen molar-refractivity contribution in [1.29, 1.82) is 0 Å². The molecule has 3 aromatic heterocycles. The summed E-state index contributed by atoms with van der Waals surface area (Å²) in [6.45, 7) is 0.825. The Kier molecular flexibility index (Phi) is 18.4. The Morgan fingerprint density at radius 1 is 0.882 bits per heavy atom. The Morgan fingerprint density at radius 2 is 1.56 bits per heavy atom. The molecule has 29 heteroatoms. The molecule has 1 unspecified atom stereocenters. The number of rotatable bonds is 22. The first-order chi connectivity index (χ1) is 32.5. The monoisotopic (exact) mass is 967 g/mol. The van der Waals surface area contributed by atoms with Crippen molar-refractivity contribution >= 4 is 23.8 Å². The third-order valence-electron chi connectivity index (χ3n) is 11.5. The molecule has 2 saturated heterocycles. The molecular weight excluding hydrogens is 910 g/mol. The number of aliphatic carboxylic acids is 1. The average molecular weight is 968 g/mol. The number of nitrogens with zero attached hydrogens (tertiary/aromatic N) is 6. The van der Waals surface area contributed by atoms with Gasteiger partial charge in [-0.15, -0.1) is 10.2 Å². The van der Waals surface area contributed by atoms with Gasteiger partial charge in [0.15, 0.2) is 6.29 Å². The van der Waals surface area contributed by atoms with Crippen LogP contribution < -0.4 is 27.2 Å². The molecule has 3 aromatic rings. The Labute approximate surface area is 385 Å². The van der Waals surface area contributed by atoms with E-state index in [1.54, 1.807) is 7.05 Å². The number of H-pyrrole nitrogens is 2. The Hall–Kier alpha value is -5.60. The van der Waals surface area contributed by atoms with Crippen molar-refractivity contribution in [2.45, 2.75) is 120 Å². The van der Waals surface area contributed by atoms with Gasteiger partial charge in [0, 0.05) is 37.4 Å². The lowest BCUT2D eigenvalue weighted by atomic mass is 9.71. The topological polar surface area (TPSA) is 408 Å². The fraction of sp³-hybridized carbons (Fsp3) is 0.692. The summed E-state index contributed by atoms with van der Waals surface area (Å²) >= 11 is 0. The van der Waals surface area contributed by atoms with Crippen molar-refractivity contribution in [3.8, 4) is 0 Å². The minimum absolute atomic E-state index is 0.0179. The van der Waals surface area contributed by atoms with Gasteiger partial charge in [-0.1, -0.05) is 10.4 Å². The molecule has 68 heavy (non-hydrogen) atoms. The molecule has 2 aliphatic heterocycles. The number of aromatic amines is 2. The summed E-state index contributed by atoms with van der Waals surface area (Å²) in [5, 5.41) is 86.4. The maximum absolute atomic E-state index is 13.8. The SMILES string of the molecule is CNCCNC(=O)[C@@H]1C[C@H](NC(=O)c2cc(=O)[nH]c(=O)[nH]2)[C@@H](O[C@@H]2O[C@@H](C)[C@@H](O)[C@@H](O)[C@@H]2O)[C@H](C2O[C@H](CO)[C@H](O)C[C@H]2OC(=O)Cn2cc(COCCOCc3cn(CC(=O)O)nn3)nn2)C1. The molecular formula is C39H57N11O18. The second kappa shape index (κ2) is 24.1. The standard InChI is InChI=1S/C39H57N11O18/c1-18-31(57)32(58)33(59)38(65-18)68-34-22(7-19(36(60)41-4-3-40-2)8-23(34)42-37(61)24-9-28(53)44-39(62)43-24)35-26(10-25(52)27(15-51)67-35)66-30(56)14-50-12-21(46-48-50)17-64-6-5-63-16-20-11-49(47-45-20)13-29(54)55/h9,11-12,18-19,22-23,25-27,31-35,38,40,51-52,57-59H,3-8,10,13-17H2,1-2H3,(H,41,60)(H,42,61)(H,54,55)(H2,43,44,53,62)/t18-,19-,22+,23-,25+,26+,27+,31+,32+,33-,34-,35?,38-/m0/s1. The van der Waals surface area contributed by atoms with Crippen molar-refractivity contribution in [3.05, 3.63) is 56.4 Å². The number of carbonyl (C=O) groups excluding carboxylic acids is 3. The van der Waals surface area contributed by atoms with Gasteiger partial charge >= 0.3 is 17.6 Å². The second-order valence-corrected chi connectivity index (χ2v) is 16.6. The molecule has 3 fully saturated rings. The van der Waals surface area contributed by atoms with Gasteiger partial charge in [0.05, 0.1) is 69.8 Å². The lowest BCUT2D eigenvalue weighted by Crippen LogP contribution is -2.64. The van der Waals surface area contributed by atoms with Gasteiger partial charge in [0.25, 0.3) is 11.5 Å². The minimum Gasteiger partial charge on any atom is -0.480 e. The highest BCUT2D eigenvalue weighted by molar-refractivity contribution is 5.92. The number of aliphatic hydroxyl groups excluding tert-OH is 5. The lowest BCUT2D eigenvalue weighted by Gasteiger charge is -2.50. The fourth-order valence-electron chi connectivity index (χ4n) is 8.22. The summed E-state index contributed by atoms with van der Waals surface area (Å²) in [6.07, 6.45) is -12.2. The minimum atomic E-state index is -1.85. The van der Waals surface area contributed by atoms with Gasteiger partial charge in [-0.2, -0.15) is 0 Å². The predicted molar refractivity (Wildman–Crippen MR) is 223 cm³/mol. The fourth-order valence-corrected chi connectivity index (χ4v) is 8.22. The number of carboxylic acids is 1. The zero-order valence-corrected chi connectivity index (χ0v) is 37.0. The van der Waals surface area contributed by atoms with E-state index in [4.69, 9.17) is 33.5 Å². The van der Waals surface area contributed by atoms with Crippen LogP contribution >= 0.6 is 0 Å². The number of aliphatic hydroxyl groups is 5. The van der Waals surface area contributed by atoms with Gasteiger partial charge in [-0.25, -0.2) is 14.2 Å². The highest BCUT2D eigenvalue weighted by Gasteiger charge is 2.54. The summed E-state index contributed by atoms with van der Waals surface area (Å²) in [6, 6.07) is -0.406. The van der Waals surface area contributed by atoms with Crippen LogP contribution in [0.4, 0.5) is 0 Å². The number of carbonyl (C=O) groups is 4. The molecule has 0 aromatic carbocycles. The predicted octanol–water partition coefficient (Wildman–Crippen LogP) is -6.14. The number of likely N-dealkylation sites (N-methyl/N-ethyl adjacent to an activating group) is 1. The van der Waals surface area contributed by atoms with E-state index in [2.05, 4.69) is 41.6 Å². The Balaban J connectivity index is 1.20. The Morgan fingerprint density at radius 3 is 2.19 bits per heavy atom. The van der Waals surface area contributed by atoms with Crippen LogP contribution in [-0.2, 0) is 69.1 Å². The van der Waals surface area contributed by atoms with Crippen LogP contribution in [0.25, 0.3) is 0 Å². The quantitative estimate of drug-likeness (QED) is 0.0330. The molecule has 2 amide bonds. The first kappa shape index (κ1) is 51.8. The lowest BCUT2D eigenvalue weighted by molar-refractivity contribution is -0.319. The van der Waals surface area contributed by atoms with E-state index in [0.29, 0.717) is 17.9 Å². The number of hydrogen-bond acceptors (Lipinski definition) is 22. The van der Waals surface area contributed by atoms with Crippen LogP contribution in [-0.4, -0.2) is 202 Å². The van der Waals surface area contributed by atoms with Crippen LogP contribution in [0.15, 0.2) is 28.0 Å². The molecule has 13 atom stereocenters. The molecule has 0 bridgehead atoms. The summed E-state index contributed by atoms with van der Waals surface area (Å²) in [4.78, 5) is 80.6. The maximum atomic E-state index is 13.8. The van der Waals surface area contributed by atoms with Gasteiger partial charge < -0.3 is 80.0 Å². The van der Waals surface area contributed by atoms with Gasteiger partial charge in [-0.3, -0.25) is 29.0 Å². The highest BCUT2D eigenvalue weighted by atomic mass is 16.7. The number of carboxylic acid groups (broad SMARTS) is 1. The maximum Gasteiger partial charge on any atom is 0.328 e. The molecule has 6 rings (SSSR count). The first-order valence-electron chi connectivity index (χ1n) is 21.7. The molecule has 0 spiro atoms. The number of amides is 2. The van der Waals surface area contributed by atoms with E-state index in [1.807, 2.05) is 4.98 Å². The average Bonchev–Trinajstić information content (AvgIpc) is 3.94. The number of nitrogens with one attached hydrogen (secondary N) is 5. The second-order valence-electron chi connectivity index (χ2n) is 16.6. The molecule has 11 N–H and O–H groups in total. The van der Waals surface area contributed by atoms with E-state index in [9.17, 15) is 54.3 Å². The summed E-state index contributed by atoms with van der Waals surface area (Å²) < 4.78 is 37.8. The molecule has 1 aliphatic carbocycles. The van der Waals surface area contributed by atoms with Gasteiger partial charge in [0.1, 0.15) is 66.8 Å². The number of esters is 1. The molecule has 1 saturated carbocycles. The van der Waals surface area contributed by atoms with Gasteiger partial charge in [-0.05, 0) is 26.8 Å². The van der Waals surface area contributed by atoms with Crippen LogP contribution in [0.2, 0.25) is 0 Å². The van der Waals surface area contributed by atoms with Crippen LogP contribution in [0.3, 0.4) is 0 Å². The van der Waals surface area contributed by atoms with Crippen molar-refractivity contribution in [1.82, 2.24) is 55.9 Å². The molecule has 5 heterocycles.